The number of aliphatic hydroxyl groups is 3. The molecule has 0 aromatic rings. The Balaban J connectivity index is 5.10. The number of nitrogens with two attached hydrogens (primary N) is 1. The van der Waals surface area contributed by atoms with Crippen molar-refractivity contribution in [2.75, 3.05) is 6.61 Å². The van der Waals surface area contributed by atoms with E-state index in [1.165, 1.54) is 6.08 Å². The molecule has 0 bridgehead atoms. The lowest BCUT2D eigenvalue weighted by Crippen LogP contribution is -2.53. The number of rotatable bonds is 9. The fourth-order valence-electron chi connectivity index (χ4n) is 1.29. The molecule has 0 radical (unpaired) electrons. The van der Waals surface area contributed by atoms with Gasteiger partial charge in [-0.1, -0.05) is 6.08 Å². The SMILES string of the molecule is C=CCC(=O)[C@H](N)[C@@H](OP(=O)(O)O)[C@H](O)[C@H](O)CO. The monoisotopic (exact) mass is 299 g/mol. The van der Waals surface area contributed by atoms with E-state index in [-0.39, 0.29) is 6.42 Å². The molecular formula is C9H18NO8P. The first kappa shape index (κ1) is 18.4. The topological polar surface area (TPSA) is 171 Å². The van der Waals surface area contributed by atoms with Gasteiger partial charge in [0.05, 0.1) is 12.6 Å². The van der Waals surface area contributed by atoms with E-state index in [0.29, 0.717) is 0 Å². The molecule has 0 aliphatic heterocycles. The molecule has 0 fully saturated rings. The second-order valence-electron chi connectivity index (χ2n) is 3.79. The second kappa shape index (κ2) is 7.83. The van der Waals surface area contributed by atoms with Crippen LogP contribution < -0.4 is 5.73 Å². The predicted octanol–water partition coefficient (Wildman–Crippen LogP) is -2.35. The lowest BCUT2D eigenvalue weighted by atomic mass is 9.97. The highest BCUT2D eigenvalue weighted by Crippen LogP contribution is 2.39. The van der Waals surface area contributed by atoms with Crippen LogP contribution in [0.25, 0.3) is 0 Å². The Kier molecular flexibility index (Phi) is 7.57. The van der Waals surface area contributed by atoms with Crippen LogP contribution >= 0.6 is 7.82 Å². The van der Waals surface area contributed by atoms with Crippen LogP contribution in [-0.2, 0) is 13.9 Å². The smallest absolute Gasteiger partial charge is 0.394 e. The molecule has 0 rings (SSSR count). The van der Waals surface area contributed by atoms with Gasteiger partial charge in [-0.3, -0.25) is 9.32 Å². The van der Waals surface area contributed by atoms with Crippen molar-refractivity contribution in [2.45, 2.75) is 30.8 Å². The van der Waals surface area contributed by atoms with Crippen LogP contribution in [0.15, 0.2) is 12.7 Å². The van der Waals surface area contributed by atoms with E-state index in [1.54, 1.807) is 0 Å². The minimum absolute atomic E-state index is 0.204. The normalized spacial score (nSPS) is 18.4. The van der Waals surface area contributed by atoms with Crippen molar-refractivity contribution in [3.05, 3.63) is 12.7 Å². The molecule has 0 saturated heterocycles. The first-order valence-corrected chi connectivity index (χ1v) is 6.77. The van der Waals surface area contributed by atoms with Gasteiger partial charge in [0.15, 0.2) is 5.78 Å². The van der Waals surface area contributed by atoms with E-state index < -0.39 is 44.6 Å². The van der Waals surface area contributed by atoms with Gasteiger partial charge in [0.2, 0.25) is 0 Å². The van der Waals surface area contributed by atoms with Crippen molar-refractivity contribution in [2.24, 2.45) is 5.73 Å². The van der Waals surface area contributed by atoms with Crippen molar-refractivity contribution < 1.29 is 39.0 Å². The molecule has 7 N–H and O–H groups in total. The summed E-state index contributed by atoms with van der Waals surface area (Å²) in [6.45, 7) is 2.39. The molecule has 0 spiro atoms. The van der Waals surface area contributed by atoms with Crippen molar-refractivity contribution in [1.29, 1.82) is 0 Å². The minimum atomic E-state index is -5.05. The van der Waals surface area contributed by atoms with Crippen LogP contribution in [0.4, 0.5) is 0 Å². The molecule has 4 atom stereocenters. The largest absolute Gasteiger partial charge is 0.470 e. The summed E-state index contributed by atoms with van der Waals surface area (Å²) in [6, 6.07) is -1.60. The Morgan fingerprint density at radius 1 is 1.42 bits per heavy atom. The lowest BCUT2D eigenvalue weighted by Gasteiger charge is -2.29. The lowest BCUT2D eigenvalue weighted by molar-refractivity contribution is -0.127. The molecular weight excluding hydrogens is 281 g/mol. The quantitative estimate of drug-likeness (QED) is 0.201. The van der Waals surface area contributed by atoms with E-state index in [0.717, 1.165) is 0 Å². The van der Waals surface area contributed by atoms with Gasteiger partial charge in [0.1, 0.15) is 18.3 Å². The van der Waals surface area contributed by atoms with Crippen molar-refractivity contribution in [3.8, 4) is 0 Å². The number of carbonyl (C=O) groups is 1. The summed E-state index contributed by atoms with van der Waals surface area (Å²) >= 11 is 0. The first-order chi connectivity index (χ1) is 8.64. The number of carbonyl (C=O) groups excluding carboxylic acids is 1. The van der Waals surface area contributed by atoms with Gasteiger partial charge >= 0.3 is 7.82 Å². The molecule has 112 valence electrons. The maximum atomic E-state index is 11.5. The summed E-state index contributed by atoms with van der Waals surface area (Å²) in [5.74, 6) is -0.697. The van der Waals surface area contributed by atoms with Gasteiger partial charge in [-0.2, -0.15) is 0 Å². The summed E-state index contributed by atoms with van der Waals surface area (Å²) in [6.07, 6.45) is -4.56. The van der Waals surface area contributed by atoms with Crippen LogP contribution in [0.1, 0.15) is 6.42 Å². The van der Waals surface area contributed by atoms with Gasteiger partial charge in [-0.15, -0.1) is 6.58 Å². The van der Waals surface area contributed by atoms with Crippen molar-refractivity contribution in [3.63, 3.8) is 0 Å². The van der Waals surface area contributed by atoms with Gasteiger partial charge in [-0.25, -0.2) is 4.57 Å². The average molecular weight is 299 g/mol. The van der Waals surface area contributed by atoms with Crippen molar-refractivity contribution in [1.82, 2.24) is 0 Å². The highest BCUT2D eigenvalue weighted by Gasteiger charge is 2.39. The van der Waals surface area contributed by atoms with Gasteiger partial charge in [-0.05, 0) is 0 Å². The maximum Gasteiger partial charge on any atom is 0.470 e. The third-order valence-corrected chi connectivity index (χ3v) is 2.77. The fourth-order valence-corrected chi connectivity index (χ4v) is 1.86. The Bertz CT molecular complexity index is 356. The van der Waals surface area contributed by atoms with Gasteiger partial charge in [0.25, 0.3) is 0 Å². The Hall–Kier alpha value is -0.640. The molecule has 0 heterocycles. The van der Waals surface area contributed by atoms with Crippen molar-refractivity contribution >= 4 is 13.6 Å². The molecule has 9 nitrogen and oxygen atoms in total. The summed E-state index contributed by atoms with van der Waals surface area (Å²) in [7, 11) is -5.05. The number of hydrogen-bond acceptors (Lipinski definition) is 7. The molecule has 0 saturated carbocycles. The molecule has 0 aromatic carbocycles. The zero-order valence-electron chi connectivity index (χ0n) is 9.99. The van der Waals surface area contributed by atoms with Crippen LogP contribution in [0.3, 0.4) is 0 Å². The maximum absolute atomic E-state index is 11.5. The first-order valence-electron chi connectivity index (χ1n) is 5.24. The van der Waals surface area contributed by atoms with E-state index in [2.05, 4.69) is 11.1 Å². The number of allylic oxidation sites excluding steroid dienone is 1. The number of ketones is 1. The molecule has 0 aliphatic rings. The predicted molar refractivity (Wildman–Crippen MR) is 63.8 cm³/mol. The van der Waals surface area contributed by atoms with Gasteiger partial charge in [0, 0.05) is 6.42 Å². The Morgan fingerprint density at radius 2 is 1.95 bits per heavy atom. The minimum Gasteiger partial charge on any atom is -0.394 e. The third kappa shape index (κ3) is 6.37. The van der Waals surface area contributed by atoms with E-state index in [1.807, 2.05) is 0 Å². The number of hydrogen-bond donors (Lipinski definition) is 6. The van der Waals surface area contributed by atoms with Gasteiger partial charge < -0.3 is 30.8 Å². The summed E-state index contributed by atoms with van der Waals surface area (Å²) < 4.78 is 15.0. The number of aliphatic hydroxyl groups excluding tert-OH is 3. The van der Waals surface area contributed by atoms with E-state index in [4.69, 9.17) is 20.6 Å². The standard InChI is InChI=1S/C9H18NO8P/c1-2-3-5(12)7(10)9(18-19(15,16)17)8(14)6(13)4-11/h2,6-9,11,13-14H,1,3-4,10H2,(H2,15,16,17)/t6-,7+,8-,9-/m1/s1. The molecule has 0 aromatic heterocycles. The highest BCUT2D eigenvalue weighted by atomic mass is 31.2. The number of Topliss-reactive ketones (excluding diaryl/α,β-unsaturated/α-hetero) is 1. The Morgan fingerprint density at radius 3 is 2.32 bits per heavy atom. The zero-order valence-corrected chi connectivity index (χ0v) is 10.9. The van der Waals surface area contributed by atoms with Crippen LogP contribution in [-0.4, -0.2) is 61.9 Å². The summed E-state index contributed by atoms with van der Waals surface area (Å²) in [5.41, 5.74) is 5.43. The molecule has 19 heavy (non-hydrogen) atoms. The molecule has 10 heteroatoms. The Labute approximate surface area is 109 Å². The molecule has 0 amide bonds. The van der Waals surface area contributed by atoms with Crippen LogP contribution in [0.5, 0.6) is 0 Å². The summed E-state index contributed by atoms with van der Waals surface area (Å²) in [5, 5.41) is 27.5. The highest BCUT2D eigenvalue weighted by molar-refractivity contribution is 7.46. The third-order valence-electron chi connectivity index (χ3n) is 2.25. The molecule has 0 unspecified atom stereocenters. The average Bonchev–Trinajstić information content (AvgIpc) is 2.32. The fraction of sp³-hybridized carbons (Fsp3) is 0.667. The second-order valence-corrected chi connectivity index (χ2v) is 4.98. The zero-order chi connectivity index (χ0) is 15.2. The van der Waals surface area contributed by atoms with Crippen LogP contribution in [0, 0.1) is 0 Å². The number of phosphoric acid groups is 1. The van der Waals surface area contributed by atoms with Crippen LogP contribution in [0.2, 0.25) is 0 Å². The molecule has 0 aliphatic carbocycles. The number of phosphoric ester groups is 1. The van der Waals surface area contributed by atoms with E-state index >= 15 is 0 Å². The summed E-state index contributed by atoms with van der Waals surface area (Å²) in [4.78, 5) is 28.9. The van der Waals surface area contributed by atoms with E-state index in [9.17, 15) is 19.6 Å².